The molecule has 1 unspecified atom stereocenters. The molecule has 2 N–H and O–H groups in total. The Morgan fingerprint density at radius 1 is 1.13 bits per heavy atom. The number of hydrogen-bond donors (Lipinski definition) is 2. The van der Waals surface area contributed by atoms with Crippen molar-refractivity contribution in [2.45, 2.75) is 19.6 Å². The van der Waals surface area contributed by atoms with E-state index in [0.29, 0.717) is 12.8 Å². The van der Waals surface area contributed by atoms with Crippen molar-refractivity contribution in [2.24, 2.45) is 4.99 Å². The number of hydrogen-bond acceptors (Lipinski definition) is 10. The second-order valence-corrected chi connectivity index (χ2v) is 8.11. The number of rotatable bonds is 15. The van der Waals surface area contributed by atoms with E-state index in [1.54, 1.807) is 26.0 Å². The summed E-state index contributed by atoms with van der Waals surface area (Å²) in [6.07, 6.45) is 5.22. The molecule has 1 aromatic rings. The van der Waals surface area contributed by atoms with Crippen LogP contribution in [0.1, 0.15) is 19.5 Å². The third kappa shape index (κ3) is 6.63. The van der Waals surface area contributed by atoms with Gasteiger partial charge in [-0.25, -0.2) is 9.98 Å². The highest BCUT2D eigenvalue weighted by Gasteiger charge is 2.37. The first-order valence-electron chi connectivity index (χ1n) is 9.24. The van der Waals surface area contributed by atoms with E-state index in [2.05, 4.69) is 25.6 Å². The molecule has 1 aliphatic heterocycles. The molecule has 0 spiro atoms. The smallest absolute Gasteiger partial charge is 0.356 e. The van der Waals surface area contributed by atoms with Crippen molar-refractivity contribution in [1.29, 1.82) is 0 Å². The van der Waals surface area contributed by atoms with Crippen molar-refractivity contribution in [3.8, 4) is 0 Å². The number of aliphatic imine (C=N–C) groups is 1. The van der Waals surface area contributed by atoms with Crippen LogP contribution in [0.15, 0.2) is 17.1 Å². The molecule has 0 aromatic carbocycles. The van der Waals surface area contributed by atoms with Gasteiger partial charge >= 0.3 is 7.60 Å². The van der Waals surface area contributed by atoms with Crippen molar-refractivity contribution in [1.82, 2.24) is 9.97 Å². The number of ether oxygens (including phenoxy) is 2. The second kappa shape index (κ2) is 12.0. The van der Waals surface area contributed by atoms with Gasteiger partial charge in [-0.3, -0.25) is 19.5 Å². The Kier molecular flexibility index (Phi) is 9.69. The Hall–Kier alpha value is -2.21. The van der Waals surface area contributed by atoms with E-state index < -0.39 is 13.3 Å². The quantitative estimate of drug-likeness (QED) is 0.168. The molecule has 0 saturated heterocycles. The number of carbonyl (C=O) groups is 2. The molecule has 2 heterocycles. The molecule has 2 amide bonds. The number of nitrogens with zero attached hydrogens (tertiary/aromatic N) is 3. The minimum Gasteiger partial charge on any atom is -0.366 e. The minimum absolute atomic E-state index is 0.00146. The summed E-state index contributed by atoms with van der Waals surface area (Å²) in [7, 11) is -3.35. The summed E-state index contributed by atoms with van der Waals surface area (Å²) in [5, 5.41) is 4.60. The molecular weight excluding hydrogens is 453 g/mol. The Balaban J connectivity index is 2.15. The summed E-state index contributed by atoms with van der Waals surface area (Å²) >= 11 is 6.14. The number of halogens is 1. The molecule has 1 atom stereocenters. The fourth-order valence-electron chi connectivity index (χ4n) is 2.60. The number of anilines is 2. The van der Waals surface area contributed by atoms with Gasteiger partial charge in [0.1, 0.15) is 17.7 Å². The van der Waals surface area contributed by atoms with Crippen LogP contribution in [0, 0.1) is 0 Å². The van der Waals surface area contributed by atoms with Crippen LogP contribution >= 0.6 is 19.2 Å². The minimum atomic E-state index is -3.35. The molecule has 12 nitrogen and oxygen atoms in total. The zero-order chi connectivity index (χ0) is 22.7. The van der Waals surface area contributed by atoms with Gasteiger partial charge in [0.25, 0.3) is 0 Å². The van der Waals surface area contributed by atoms with E-state index in [0.717, 1.165) is 0 Å². The normalized spacial score (nSPS) is 17.6. The van der Waals surface area contributed by atoms with E-state index in [4.69, 9.17) is 30.1 Å². The molecule has 1 aromatic heterocycles. The molecule has 0 aliphatic carbocycles. The van der Waals surface area contributed by atoms with Crippen LogP contribution in [0.25, 0.3) is 0 Å². The molecule has 0 fully saturated rings. The maximum absolute atomic E-state index is 12.4. The van der Waals surface area contributed by atoms with Crippen LogP contribution in [0.2, 0.25) is 5.15 Å². The van der Waals surface area contributed by atoms with Gasteiger partial charge in [0.05, 0.1) is 26.4 Å². The standard InChI is InChI=1S/C17H23ClN5O7P/c1-3-29-31(26,30-4-2)12-27-8-9-28-17(6-5-7-21-17)14-13(19-10-24)15(18)23-16(22-14)20-11-25/h5-7,10-11H,3-4,8-9,12H2,1-2H3,(H,19,24)(H,20,22,23,25). The van der Waals surface area contributed by atoms with Gasteiger partial charge in [0.2, 0.25) is 24.5 Å². The van der Waals surface area contributed by atoms with Crippen LogP contribution in [0.5, 0.6) is 0 Å². The fraction of sp³-hybridized carbons (Fsp3) is 0.471. The summed E-state index contributed by atoms with van der Waals surface area (Å²) in [5.74, 6) is -0.101. The van der Waals surface area contributed by atoms with Crippen molar-refractivity contribution in [3.05, 3.63) is 23.0 Å². The first kappa shape index (κ1) is 25.1. The topological polar surface area (TPSA) is 150 Å². The second-order valence-electron chi connectivity index (χ2n) is 5.75. The number of nitrogens with one attached hydrogen (secondary N) is 2. The average molecular weight is 476 g/mol. The largest absolute Gasteiger partial charge is 0.366 e. The highest BCUT2D eigenvalue weighted by Crippen LogP contribution is 2.47. The monoisotopic (exact) mass is 475 g/mol. The fourth-order valence-corrected chi connectivity index (χ4v) is 4.19. The Morgan fingerprint density at radius 3 is 2.42 bits per heavy atom. The summed E-state index contributed by atoms with van der Waals surface area (Å²) < 4.78 is 34.0. The van der Waals surface area contributed by atoms with E-state index in [1.807, 2.05) is 0 Å². The summed E-state index contributed by atoms with van der Waals surface area (Å²) in [4.78, 5) is 34.2. The third-order valence-corrected chi connectivity index (χ3v) is 5.80. The van der Waals surface area contributed by atoms with Crippen molar-refractivity contribution < 1.29 is 32.7 Å². The van der Waals surface area contributed by atoms with Crippen LogP contribution in [-0.4, -0.2) is 61.8 Å². The molecule has 2 rings (SSSR count). The van der Waals surface area contributed by atoms with E-state index >= 15 is 0 Å². The summed E-state index contributed by atoms with van der Waals surface area (Å²) in [6.45, 7) is 3.88. The van der Waals surface area contributed by atoms with E-state index in [1.165, 1.54) is 6.21 Å². The van der Waals surface area contributed by atoms with Gasteiger partial charge in [0.15, 0.2) is 5.15 Å². The van der Waals surface area contributed by atoms with E-state index in [9.17, 15) is 14.2 Å². The van der Waals surface area contributed by atoms with Crippen molar-refractivity contribution in [2.75, 3.05) is 43.4 Å². The number of allylic oxidation sites excluding steroid dienone is 1. The molecule has 1 aliphatic rings. The summed E-state index contributed by atoms with van der Waals surface area (Å²) in [6, 6.07) is 0. The lowest BCUT2D eigenvalue weighted by atomic mass is 10.1. The predicted molar refractivity (Wildman–Crippen MR) is 113 cm³/mol. The van der Waals surface area contributed by atoms with Gasteiger partial charge < -0.3 is 23.8 Å². The Morgan fingerprint density at radius 2 is 1.84 bits per heavy atom. The molecule has 170 valence electrons. The molecule has 14 heteroatoms. The molecule has 0 saturated carbocycles. The lowest BCUT2D eigenvalue weighted by molar-refractivity contribution is -0.106. The van der Waals surface area contributed by atoms with Gasteiger partial charge in [-0.05, 0) is 26.0 Å². The molecule has 31 heavy (non-hydrogen) atoms. The lowest BCUT2D eigenvalue weighted by Gasteiger charge is -2.26. The molecular formula is C17H23ClN5O7P. The van der Waals surface area contributed by atoms with Crippen molar-refractivity contribution in [3.63, 3.8) is 0 Å². The van der Waals surface area contributed by atoms with E-state index in [-0.39, 0.29) is 55.3 Å². The van der Waals surface area contributed by atoms with Crippen molar-refractivity contribution >= 4 is 49.9 Å². The van der Waals surface area contributed by atoms with Crippen LogP contribution in [0.3, 0.4) is 0 Å². The molecule has 0 radical (unpaired) electrons. The highest BCUT2D eigenvalue weighted by atomic mass is 35.5. The van der Waals surface area contributed by atoms with Crippen LogP contribution in [0.4, 0.5) is 11.6 Å². The lowest BCUT2D eigenvalue weighted by Crippen LogP contribution is -2.29. The van der Waals surface area contributed by atoms with Crippen LogP contribution < -0.4 is 10.6 Å². The van der Waals surface area contributed by atoms with Gasteiger partial charge in [0, 0.05) is 6.21 Å². The first-order valence-corrected chi connectivity index (χ1v) is 11.4. The Bertz CT molecular complexity index is 861. The predicted octanol–water partition coefficient (Wildman–Crippen LogP) is 2.32. The van der Waals surface area contributed by atoms with Crippen LogP contribution in [-0.2, 0) is 38.4 Å². The third-order valence-electron chi connectivity index (χ3n) is 3.72. The van der Waals surface area contributed by atoms with Gasteiger partial charge in [-0.15, -0.1) is 0 Å². The Labute approximate surface area is 183 Å². The number of aromatic nitrogens is 2. The zero-order valence-corrected chi connectivity index (χ0v) is 18.6. The van der Waals surface area contributed by atoms with Gasteiger partial charge in [-0.2, -0.15) is 4.98 Å². The maximum atomic E-state index is 12.4. The molecule has 0 bridgehead atoms. The van der Waals surface area contributed by atoms with Gasteiger partial charge in [-0.1, -0.05) is 11.6 Å². The summed E-state index contributed by atoms with van der Waals surface area (Å²) in [5.41, 5.74) is -1.29. The SMILES string of the molecule is CCOP(=O)(COCCOC1(c2nc(NC=O)nc(Cl)c2NC=O)C=CC=N1)OCC. The first-order chi connectivity index (χ1) is 14.9. The maximum Gasteiger partial charge on any atom is 0.356 e. The zero-order valence-electron chi connectivity index (χ0n) is 16.9. The average Bonchev–Trinajstić information content (AvgIpc) is 3.20. The number of amides is 2. The highest BCUT2D eigenvalue weighted by molar-refractivity contribution is 7.53. The number of carbonyl (C=O) groups excluding carboxylic acids is 2.